The lowest BCUT2D eigenvalue weighted by Crippen LogP contribution is -2.48. The average molecular weight is 496 g/mol. The Kier molecular flexibility index (Phi) is 7.27. The first kappa shape index (κ1) is 24.3. The van der Waals surface area contributed by atoms with Gasteiger partial charge in [-0.3, -0.25) is 0 Å². The van der Waals surface area contributed by atoms with E-state index in [0.29, 0.717) is 35.4 Å². The third-order valence-corrected chi connectivity index (χ3v) is 6.07. The monoisotopic (exact) mass is 495 g/mol. The number of carbonyl (C=O) groups excluding carboxylic acids is 1. The van der Waals surface area contributed by atoms with Crippen molar-refractivity contribution in [1.29, 1.82) is 0 Å². The van der Waals surface area contributed by atoms with E-state index in [1.807, 2.05) is 54.3 Å². The van der Waals surface area contributed by atoms with E-state index in [4.69, 9.17) is 0 Å². The third kappa shape index (κ3) is 6.42. The standard InChI is InChI=1S/C27H29N9O/c1-19-5-3-8-22(30-19)26-29-12-10-24(34-26)32-23-9-11-28-25(33-23)18-20-6-4-7-21(17-20)31-27(37)36-15-13-35(2)14-16-36/h3-12,17H,13-16,18H2,1-2H3,(H,31,37)(H,28,29,32,33,34). The van der Waals surface area contributed by atoms with Gasteiger partial charge in [-0.15, -0.1) is 0 Å². The topological polar surface area (TPSA) is 112 Å². The Balaban J connectivity index is 1.24. The molecule has 0 spiro atoms. The number of pyridine rings is 1. The number of anilines is 3. The van der Waals surface area contributed by atoms with Gasteiger partial charge in [0.25, 0.3) is 0 Å². The van der Waals surface area contributed by atoms with Crippen LogP contribution in [0.2, 0.25) is 0 Å². The predicted molar refractivity (Wildman–Crippen MR) is 143 cm³/mol. The molecule has 3 aromatic heterocycles. The van der Waals surface area contributed by atoms with Gasteiger partial charge in [0, 0.05) is 56.4 Å². The van der Waals surface area contributed by atoms with E-state index in [0.717, 1.165) is 43.1 Å². The van der Waals surface area contributed by atoms with Gasteiger partial charge < -0.3 is 20.4 Å². The molecule has 188 valence electrons. The van der Waals surface area contributed by atoms with Crippen molar-refractivity contribution < 1.29 is 4.79 Å². The van der Waals surface area contributed by atoms with Crippen LogP contribution >= 0.6 is 0 Å². The Hall–Kier alpha value is -4.44. The van der Waals surface area contributed by atoms with Crippen LogP contribution in [0.5, 0.6) is 0 Å². The van der Waals surface area contributed by atoms with Crippen molar-refractivity contribution in [2.45, 2.75) is 13.3 Å². The summed E-state index contributed by atoms with van der Waals surface area (Å²) in [5.74, 6) is 2.44. The number of carbonyl (C=O) groups is 1. The van der Waals surface area contributed by atoms with Gasteiger partial charge in [0.05, 0.1) is 0 Å². The zero-order chi connectivity index (χ0) is 25.6. The number of urea groups is 1. The van der Waals surface area contributed by atoms with Crippen molar-refractivity contribution in [3.8, 4) is 11.5 Å². The number of aromatic nitrogens is 5. The summed E-state index contributed by atoms with van der Waals surface area (Å²) >= 11 is 0. The van der Waals surface area contributed by atoms with E-state index in [2.05, 4.69) is 47.5 Å². The molecule has 37 heavy (non-hydrogen) atoms. The van der Waals surface area contributed by atoms with Gasteiger partial charge in [-0.1, -0.05) is 18.2 Å². The molecule has 4 heterocycles. The van der Waals surface area contributed by atoms with Crippen LogP contribution in [0.15, 0.2) is 67.0 Å². The highest BCUT2D eigenvalue weighted by Crippen LogP contribution is 2.18. The normalized spacial score (nSPS) is 13.8. The summed E-state index contributed by atoms with van der Waals surface area (Å²) < 4.78 is 0. The zero-order valence-corrected chi connectivity index (χ0v) is 20.9. The number of nitrogens with one attached hydrogen (secondary N) is 2. The molecule has 1 saturated heterocycles. The highest BCUT2D eigenvalue weighted by molar-refractivity contribution is 5.89. The Bertz CT molecular complexity index is 1390. The fraction of sp³-hybridized carbons (Fsp3) is 0.259. The van der Waals surface area contributed by atoms with E-state index < -0.39 is 0 Å². The molecule has 4 aromatic rings. The molecule has 0 atom stereocenters. The van der Waals surface area contributed by atoms with Gasteiger partial charge in [0.15, 0.2) is 5.82 Å². The van der Waals surface area contributed by atoms with Gasteiger partial charge in [-0.25, -0.2) is 29.7 Å². The van der Waals surface area contributed by atoms with Crippen molar-refractivity contribution in [3.05, 3.63) is 84.1 Å². The minimum atomic E-state index is -0.0715. The lowest BCUT2D eigenvalue weighted by Gasteiger charge is -2.32. The molecule has 0 bridgehead atoms. The summed E-state index contributed by atoms with van der Waals surface area (Å²) in [5.41, 5.74) is 3.38. The number of benzene rings is 1. The summed E-state index contributed by atoms with van der Waals surface area (Å²) in [5, 5.41) is 6.25. The van der Waals surface area contributed by atoms with Crippen molar-refractivity contribution in [3.63, 3.8) is 0 Å². The molecule has 1 aromatic carbocycles. The summed E-state index contributed by atoms with van der Waals surface area (Å²) in [6, 6.07) is 17.1. The number of amides is 2. The molecule has 0 unspecified atom stereocenters. The highest BCUT2D eigenvalue weighted by atomic mass is 16.2. The molecule has 5 rings (SSSR count). The third-order valence-electron chi connectivity index (χ3n) is 6.07. The van der Waals surface area contributed by atoms with Crippen molar-refractivity contribution >= 4 is 23.4 Å². The Labute approximate surface area is 215 Å². The average Bonchev–Trinajstić information content (AvgIpc) is 2.90. The van der Waals surface area contributed by atoms with E-state index >= 15 is 0 Å². The van der Waals surface area contributed by atoms with E-state index in [1.165, 1.54) is 0 Å². The van der Waals surface area contributed by atoms with E-state index in [1.54, 1.807) is 24.5 Å². The largest absolute Gasteiger partial charge is 0.325 e. The van der Waals surface area contributed by atoms with Crippen molar-refractivity contribution in [2.24, 2.45) is 0 Å². The molecule has 0 aliphatic carbocycles. The fourth-order valence-corrected chi connectivity index (χ4v) is 4.06. The number of likely N-dealkylation sites (N-methyl/N-ethyl adjacent to an activating group) is 1. The number of piperazine rings is 1. The summed E-state index contributed by atoms with van der Waals surface area (Å²) in [4.78, 5) is 39.2. The minimum Gasteiger partial charge on any atom is -0.325 e. The molecule has 10 nitrogen and oxygen atoms in total. The van der Waals surface area contributed by atoms with Gasteiger partial charge in [-0.05, 0) is 55.9 Å². The van der Waals surface area contributed by atoms with Crippen molar-refractivity contribution in [1.82, 2.24) is 34.7 Å². The van der Waals surface area contributed by atoms with Crippen LogP contribution < -0.4 is 10.6 Å². The lowest BCUT2D eigenvalue weighted by atomic mass is 10.1. The van der Waals surface area contributed by atoms with Gasteiger partial charge in [0.2, 0.25) is 0 Å². The number of hydrogen-bond donors (Lipinski definition) is 2. The summed E-state index contributed by atoms with van der Waals surface area (Å²) in [6.07, 6.45) is 3.93. The molecule has 0 saturated carbocycles. The molecule has 1 aliphatic rings. The molecule has 2 amide bonds. The maximum Gasteiger partial charge on any atom is 0.321 e. The van der Waals surface area contributed by atoms with Crippen LogP contribution in [0.4, 0.5) is 22.1 Å². The van der Waals surface area contributed by atoms with Crippen LogP contribution in [-0.2, 0) is 6.42 Å². The smallest absolute Gasteiger partial charge is 0.321 e. The van der Waals surface area contributed by atoms with Crippen molar-refractivity contribution in [2.75, 3.05) is 43.9 Å². The number of rotatable bonds is 6. The fourth-order valence-electron chi connectivity index (χ4n) is 4.06. The van der Waals surface area contributed by atoms with Gasteiger partial charge in [0.1, 0.15) is 23.2 Å². The van der Waals surface area contributed by atoms with E-state index in [-0.39, 0.29) is 6.03 Å². The number of nitrogens with zero attached hydrogens (tertiary/aromatic N) is 7. The van der Waals surface area contributed by atoms with Gasteiger partial charge in [-0.2, -0.15) is 0 Å². The first-order valence-electron chi connectivity index (χ1n) is 12.2. The molecule has 1 aliphatic heterocycles. The van der Waals surface area contributed by atoms with Gasteiger partial charge >= 0.3 is 6.03 Å². The second kappa shape index (κ2) is 11.1. The van der Waals surface area contributed by atoms with Crippen LogP contribution in [-0.4, -0.2) is 74.0 Å². The van der Waals surface area contributed by atoms with Crippen LogP contribution in [0, 0.1) is 6.92 Å². The van der Waals surface area contributed by atoms with E-state index in [9.17, 15) is 4.79 Å². The quantitative estimate of drug-likeness (QED) is 0.416. The summed E-state index contributed by atoms with van der Waals surface area (Å²) in [6.45, 7) is 5.16. The van der Waals surface area contributed by atoms with Crippen LogP contribution in [0.25, 0.3) is 11.5 Å². The SMILES string of the molecule is Cc1cccc(-c2nccc(Nc3ccnc(Cc4cccc(NC(=O)N5CCN(C)CC5)c4)n3)n2)n1. The molecular formula is C27H29N9O. The molecule has 2 N–H and O–H groups in total. The number of aryl methyl sites for hydroxylation is 1. The number of hydrogen-bond acceptors (Lipinski definition) is 8. The second-order valence-corrected chi connectivity index (χ2v) is 9.01. The minimum absolute atomic E-state index is 0.0715. The highest BCUT2D eigenvalue weighted by Gasteiger charge is 2.19. The van der Waals surface area contributed by atoms with Crippen LogP contribution in [0.1, 0.15) is 17.1 Å². The zero-order valence-electron chi connectivity index (χ0n) is 20.9. The first-order chi connectivity index (χ1) is 18.0. The molecule has 10 heteroatoms. The molecule has 1 fully saturated rings. The maximum atomic E-state index is 12.6. The Morgan fingerprint density at radius 1 is 0.892 bits per heavy atom. The Morgan fingerprint density at radius 3 is 2.46 bits per heavy atom. The predicted octanol–water partition coefficient (Wildman–Crippen LogP) is 3.75. The second-order valence-electron chi connectivity index (χ2n) is 9.01. The molecule has 0 radical (unpaired) electrons. The summed E-state index contributed by atoms with van der Waals surface area (Å²) in [7, 11) is 2.07. The van der Waals surface area contributed by atoms with Crippen LogP contribution in [0.3, 0.4) is 0 Å². The lowest BCUT2D eigenvalue weighted by molar-refractivity contribution is 0.164. The maximum absolute atomic E-state index is 12.6. The Morgan fingerprint density at radius 2 is 1.65 bits per heavy atom. The first-order valence-corrected chi connectivity index (χ1v) is 12.2. The molecular weight excluding hydrogens is 466 g/mol.